The highest BCUT2D eigenvalue weighted by Crippen LogP contribution is 2.50. The third-order valence-electron chi connectivity index (χ3n) is 7.71. The average Bonchev–Trinajstić information content (AvgIpc) is 3.47. The summed E-state index contributed by atoms with van der Waals surface area (Å²) in [6.07, 6.45) is 7.50. The van der Waals surface area contributed by atoms with Gasteiger partial charge in [0.15, 0.2) is 11.5 Å². The van der Waals surface area contributed by atoms with Crippen LogP contribution < -0.4 is 14.8 Å². The first kappa shape index (κ1) is 26.1. The molecule has 0 bridgehead atoms. The molecule has 40 heavy (non-hydrogen) atoms. The second kappa shape index (κ2) is 11.2. The minimum atomic E-state index is -0.328. The van der Waals surface area contributed by atoms with Gasteiger partial charge in [-0.25, -0.2) is 4.39 Å². The highest BCUT2D eigenvalue weighted by molar-refractivity contribution is 6.32. The number of anilines is 1. The smallest absolute Gasteiger partial charge is 0.180 e. The largest absolute Gasteiger partial charge is 0.493 e. The minimum Gasteiger partial charge on any atom is -0.493 e. The summed E-state index contributed by atoms with van der Waals surface area (Å²) >= 11 is 6.52. The van der Waals surface area contributed by atoms with Crippen molar-refractivity contribution in [3.05, 3.63) is 130 Å². The molecule has 3 atom stereocenters. The molecule has 6 rings (SSSR count). The molecule has 1 N–H and O–H groups in total. The van der Waals surface area contributed by atoms with Crippen LogP contribution in [0.3, 0.4) is 0 Å². The van der Waals surface area contributed by atoms with Gasteiger partial charge in [0, 0.05) is 23.4 Å². The third kappa shape index (κ3) is 5.22. The Hall–Kier alpha value is -4.09. The molecular weight excluding hydrogens is 523 g/mol. The molecule has 4 nitrogen and oxygen atoms in total. The Morgan fingerprint density at radius 2 is 1.88 bits per heavy atom. The molecule has 4 aromatic rings. The van der Waals surface area contributed by atoms with Gasteiger partial charge in [-0.15, -0.1) is 0 Å². The molecule has 1 aliphatic heterocycles. The van der Waals surface area contributed by atoms with Crippen molar-refractivity contribution in [3.8, 4) is 11.5 Å². The number of benzene rings is 4. The molecule has 2 aliphatic rings. The second-order valence-electron chi connectivity index (χ2n) is 10.3. The van der Waals surface area contributed by atoms with Crippen molar-refractivity contribution in [2.45, 2.75) is 31.9 Å². The van der Waals surface area contributed by atoms with Gasteiger partial charge in [0.05, 0.1) is 23.9 Å². The van der Waals surface area contributed by atoms with Crippen LogP contribution in [0.5, 0.6) is 11.5 Å². The number of rotatable bonds is 7. The van der Waals surface area contributed by atoms with E-state index in [2.05, 4.69) is 59.7 Å². The van der Waals surface area contributed by atoms with Crippen LogP contribution in [0.15, 0.2) is 96.0 Å². The summed E-state index contributed by atoms with van der Waals surface area (Å²) in [7, 11) is 1.55. The fourth-order valence-electron chi connectivity index (χ4n) is 5.68. The van der Waals surface area contributed by atoms with Crippen LogP contribution >= 0.6 is 11.6 Å². The fraction of sp³-hybridized carbons (Fsp3) is 0.206. The van der Waals surface area contributed by atoms with Crippen molar-refractivity contribution < 1.29 is 13.9 Å². The van der Waals surface area contributed by atoms with E-state index in [0.29, 0.717) is 33.9 Å². The fourth-order valence-corrected chi connectivity index (χ4v) is 5.95. The molecule has 1 heterocycles. The first-order chi connectivity index (χ1) is 19.5. The number of hydrogen-bond acceptors (Lipinski definition) is 4. The van der Waals surface area contributed by atoms with Crippen LogP contribution in [-0.2, 0) is 6.61 Å². The van der Waals surface area contributed by atoms with Crippen LogP contribution in [-0.4, -0.2) is 13.3 Å². The topological polar surface area (TPSA) is 42.8 Å². The standard InChI is InChI=1S/C34H30ClFN2O2/c1-21-10-15-31-28(16-21)26-7-5-8-27(26)33(38-31)23-11-13-25(14-12-23)37-19-22-17-29(35)34(32(18-22)39-2)40-20-24-6-3-4-9-30(24)36/h3-7,9-19,26-27,33,38H,8,20H2,1-2H3/t26-,27-,33+/m1/s1. The summed E-state index contributed by atoms with van der Waals surface area (Å²) in [4.78, 5) is 4.66. The molecule has 0 saturated heterocycles. The second-order valence-corrected chi connectivity index (χ2v) is 10.7. The summed E-state index contributed by atoms with van der Waals surface area (Å²) in [6.45, 7) is 2.20. The zero-order valence-corrected chi connectivity index (χ0v) is 23.2. The van der Waals surface area contributed by atoms with Crippen LogP contribution in [0.1, 0.15) is 46.2 Å². The molecule has 6 heteroatoms. The van der Waals surface area contributed by atoms with E-state index in [4.69, 9.17) is 21.1 Å². The Labute approximate surface area is 239 Å². The summed E-state index contributed by atoms with van der Waals surface area (Å²) in [5.41, 5.74) is 7.22. The lowest BCUT2D eigenvalue weighted by Gasteiger charge is -2.37. The lowest BCUT2D eigenvalue weighted by atomic mass is 9.76. The molecule has 0 unspecified atom stereocenters. The van der Waals surface area contributed by atoms with E-state index in [1.807, 2.05) is 12.1 Å². The zero-order valence-electron chi connectivity index (χ0n) is 22.4. The predicted molar refractivity (Wildman–Crippen MR) is 160 cm³/mol. The van der Waals surface area contributed by atoms with Gasteiger partial charge in [-0.2, -0.15) is 0 Å². The summed E-state index contributed by atoms with van der Waals surface area (Å²) in [5.74, 6) is 1.44. The van der Waals surface area contributed by atoms with E-state index in [0.717, 1.165) is 17.7 Å². The van der Waals surface area contributed by atoms with Crippen LogP contribution in [0.2, 0.25) is 5.02 Å². The first-order valence-corrected chi connectivity index (χ1v) is 13.8. The van der Waals surface area contributed by atoms with E-state index in [9.17, 15) is 4.39 Å². The number of nitrogens with one attached hydrogen (secondary N) is 1. The molecule has 4 aromatic carbocycles. The lowest BCUT2D eigenvalue weighted by molar-refractivity contribution is 0.280. The number of halogens is 2. The van der Waals surface area contributed by atoms with Gasteiger partial charge in [0.2, 0.25) is 0 Å². The van der Waals surface area contributed by atoms with Crippen molar-refractivity contribution in [2.75, 3.05) is 12.4 Å². The number of allylic oxidation sites excluding steroid dienone is 2. The number of ether oxygens (including phenoxy) is 2. The van der Waals surface area contributed by atoms with Gasteiger partial charge in [0.1, 0.15) is 12.4 Å². The maximum atomic E-state index is 14.0. The summed E-state index contributed by atoms with van der Waals surface area (Å²) in [6, 6.07) is 25.4. The maximum Gasteiger partial charge on any atom is 0.180 e. The first-order valence-electron chi connectivity index (χ1n) is 13.4. The summed E-state index contributed by atoms with van der Waals surface area (Å²) < 4.78 is 25.3. The van der Waals surface area contributed by atoms with Crippen molar-refractivity contribution in [1.29, 1.82) is 0 Å². The van der Waals surface area contributed by atoms with Crippen molar-refractivity contribution in [2.24, 2.45) is 10.9 Å². The quantitative estimate of drug-likeness (QED) is 0.184. The molecular formula is C34H30ClFN2O2. The van der Waals surface area contributed by atoms with E-state index in [-0.39, 0.29) is 18.5 Å². The normalized spacial score (nSPS) is 19.2. The number of methoxy groups -OCH3 is 1. The molecule has 0 aromatic heterocycles. The van der Waals surface area contributed by atoms with Crippen LogP contribution in [0.4, 0.5) is 15.8 Å². The molecule has 1 aliphatic carbocycles. The summed E-state index contributed by atoms with van der Waals surface area (Å²) in [5, 5.41) is 4.16. The molecule has 0 spiro atoms. The lowest BCUT2D eigenvalue weighted by Crippen LogP contribution is -2.29. The number of aryl methyl sites for hydroxylation is 1. The van der Waals surface area contributed by atoms with Gasteiger partial charge in [0.25, 0.3) is 0 Å². The Bertz CT molecular complexity index is 1600. The Balaban J connectivity index is 1.17. The predicted octanol–water partition coefficient (Wildman–Crippen LogP) is 8.95. The van der Waals surface area contributed by atoms with Gasteiger partial charge in [-0.1, -0.05) is 71.8 Å². The molecule has 0 amide bonds. The van der Waals surface area contributed by atoms with Crippen molar-refractivity contribution in [3.63, 3.8) is 0 Å². The van der Waals surface area contributed by atoms with Gasteiger partial charge < -0.3 is 14.8 Å². The Kier molecular flexibility index (Phi) is 7.31. The number of nitrogens with zero attached hydrogens (tertiary/aromatic N) is 1. The monoisotopic (exact) mass is 552 g/mol. The molecule has 0 fully saturated rings. The number of aliphatic imine (C=N–C) groups is 1. The van der Waals surface area contributed by atoms with E-state index in [1.165, 1.54) is 28.4 Å². The molecule has 0 saturated carbocycles. The van der Waals surface area contributed by atoms with Gasteiger partial charge in [-0.3, -0.25) is 4.99 Å². The maximum absolute atomic E-state index is 14.0. The van der Waals surface area contributed by atoms with Gasteiger partial charge >= 0.3 is 0 Å². The van der Waals surface area contributed by atoms with Gasteiger partial charge in [-0.05, 0) is 72.4 Å². The van der Waals surface area contributed by atoms with E-state index < -0.39 is 0 Å². The molecule has 0 radical (unpaired) electrons. The third-order valence-corrected chi connectivity index (χ3v) is 8.00. The number of hydrogen-bond donors (Lipinski definition) is 1. The highest BCUT2D eigenvalue weighted by atomic mass is 35.5. The van der Waals surface area contributed by atoms with E-state index >= 15 is 0 Å². The molecule has 202 valence electrons. The average molecular weight is 553 g/mol. The SMILES string of the molecule is COc1cc(C=Nc2ccc([C@@H]3Nc4ccc(C)cc4[C@@H]4C=CC[C@H]43)cc2)cc(Cl)c1OCc1ccccc1F. The zero-order chi connectivity index (χ0) is 27.6. The van der Waals surface area contributed by atoms with Crippen molar-refractivity contribution in [1.82, 2.24) is 0 Å². The Morgan fingerprint density at radius 3 is 2.67 bits per heavy atom. The van der Waals surface area contributed by atoms with Crippen molar-refractivity contribution >= 4 is 29.2 Å². The highest BCUT2D eigenvalue weighted by Gasteiger charge is 2.37. The Morgan fingerprint density at radius 1 is 1.05 bits per heavy atom. The van der Waals surface area contributed by atoms with Crippen LogP contribution in [0.25, 0.3) is 0 Å². The van der Waals surface area contributed by atoms with Crippen LogP contribution in [0, 0.1) is 18.7 Å². The number of fused-ring (bicyclic) bond motifs is 3. The minimum absolute atomic E-state index is 0.0429. The van der Waals surface area contributed by atoms with E-state index in [1.54, 1.807) is 43.7 Å².